The van der Waals surface area contributed by atoms with Gasteiger partial charge in [0, 0.05) is 25.4 Å². The third-order valence-electron chi connectivity index (χ3n) is 2.22. The molecule has 1 nitrogen and oxygen atoms in total. The van der Waals surface area contributed by atoms with E-state index >= 15 is 0 Å². The summed E-state index contributed by atoms with van der Waals surface area (Å²) in [6, 6.07) is 0. The van der Waals surface area contributed by atoms with Crippen molar-refractivity contribution in [1.29, 1.82) is 0 Å². The average molecular weight is 367 g/mol. The maximum absolute atomic E-state index is 9.49. The molecule has 0 aromatic heterocycles. The molecule has 108 valence electrons. The molecule has 0 saturated heterocycles. The van der Waals surface area contributed by atoms with Gasteiger partial charge in [0.05, 0.1) is 6.10 Å². The number of hydrogen-bond acceptors (Lipinski definition) is 1. The van der Waals surface area contributed by atoms with Crippen LogP contribution < -0.4 is 0 Å². The zero-order chi connectivity index (χ0) is 13.8. The Morgan fingerprint density at radius 1 is 0.850 bits per heavy atom. The van der Waals surface area contributed by atoms with E-state index in [0.29, 0.717) is 5.92 Å². The van der Waals surface area contributed by atoms with Crippen LogP contribution in [0.1, 0.15) is 27.7 Å². The SMILES string of the molecule is CC(C)[C@H](O)[C]1[CH][CH][CH][CH]1.C[CH-]C.[CH]1[CH][CH][CH][CH]1.[Fe+2].[Zn]. The molecule has 0 aromatic rings. The van der Waals surface area contributed by atoms with Crippen LogP contribution in [0.5, 0.6) is 0 Å². The van der Waals surface area contributed by atoms with Crippen LogP contribution in [0.25, 0.3) is 0 Å². The topological polar surface area (TPSA) is 20.2 Å². The van der Waals surface area contributed by atoms with Gasteiger partial charge >= 0.3 is 17.1 Å². The normalized spacial score (nSPS) is 18.9. The van der Waals surface area contributed by atoms with E-state index in [9.17, 15) is 5.11 Å². The second-order valence-electron chi connectivity index (χ2n) is 4.45. The van der Waals surface area contributed by atoms with Crippen LogP contribution >= 0.6 is 0 Å². The summed E-state index contributed by atoms with van der Waals surface area (Å²) in [5.74, 6) is 1.33. The maximum atomic E-state index is 9.49. The Labute approximate surface area is 151 Å². The fourth-order valence-corrected chi connectivity index (χ4v) is 1.29. The summed E-state index contributed by atoms with van der Waals surface area (Å²) in [5.41, 5.74) is 0. The van der Waals surface area contributed by atoms with Gasteiger partial charge in [-0.15, -0.1) is 0 Å². The van der Waals surface area contributed by atoms with Gasteiger partial charge in [0.1, 0.15) is 0 Å². The predicted molar refractivity (Wildman–Crippen MR) is 78.4 cm³/mol. The first-order valence-electron chi connectivity index (χ1n) is 6.43. The van der Waals surface area contributed by atoms with Gasteiger partial charge in [-0.25, -0.2) is 0 Å². The summed E-state index contributed by atoms with van der Waals surface area (Å²) in [7, 11) is 0. The predicted octanol–water partition coefficient (Wildman–Crippen LogP) is 3.66. The summed E-state index contributed by atoms with van der Waals surface area (Å²) in [6.07, 6.45) is 19.5. The van der Waals surface area contributed by atoms with Crippen molar-refractivity contribution in [2.75, 3.05) is 0 Å². The molecule has 2 rings (SSSR count). The third-order valence-corrected chi connectivity index (χ3v) is 2.22. The molecule has 0 amide bonds. The molecule has 0 aromatic carbocycles. The van der Waals surface area contributed by atoms with Gasteiger partial charge in [0.2, 0.25) is 0 Å². The first-order chi connectivity index (χ1) is 8.63. The Hall–Kier alpha value is 1.10. The van der Waals surface area contributed by atoms with Gasteiger partial charge in [0.15, 0.2) is 0 Å². The minimum atomic E-state index is -0.296. The van der Waals surface area contributed by atoms with Crippen molar-refractivity contribution in [1.82, 2.24) is 0 Å². The second kappa shape index (κ2) is 18.2. The summed E-state index contributed by atoms with van der Waals surface area (Å²) in [6.45, 7) is 8.02. The Morgan fingerprint density at radius 2 is 1.15 bits per heavy atom. The van der Waals surface area contributed by atoms with Crippen LogP contribution in [0.4, 0.5) is 0 Å². The van der Waals surface area contributed by atoms with Crippen molar-refractivity contribution in [2.24, 2.45) is 5.92 Å². The summed E-state index contributed by atoms with van der Waals surface area (Å²) < 4.78 is 0. The van der Waals surface area contributed by atoms with Crippen LogP contribution in [0.15, 0.2) is 0 Å². The average Bonchev–Trinajstić information content (AvgIpc) is 3.05. The Kier molecular flexibility index (Phi) is 23.6. The molecule has 2 aliphatic rings. The molecule has 2 fully saturated rings. The van der Waals surface area contributed by atoms with Gasteiger partial charge in [-0.3, -0.25) is 0 Å². The maximum Gasteiger partial charge on any atom is 2.00 e. The molecule has 2 aliphatic carbocycles. The number of aliphatic hydroxyl groups is 1. The van der Waals surface area contributed by atoms with E-state index in [4.69, 9.17) is 0 Å². The van der Waals surface area contributed by atoms with Crippen LogP contribution in [0.2, 0.25) is 0 Å². The first-order valence-corrected chi connectivity index (χ1v) is 6.43. The van der Waals surface area contributed by atoms with Crippen LogP contribution in [0, 0.1) is 76.0 Å². The van der Waals surface area contributed by atoms with Gasteiger partial charge in [-0.1, -0.05) is 13.8 Å². The minimum absolute atomic E-state index is 0. The number of hydrogen-bond donors (Lipinski definition) is 1. The molecule has 2 saturated carbocycles. The summed E-state index contributed by atoms with van der Waals surface area (Å²) in [5, 5.41) is 9.49. The molecule has 1 N–H and O–H groups in total. The molecule has 0 unspecified atom stereocenters. The Morgan fingerprint density at radius 3 is 1.40 bits per heavy atom. The van der Waals surface area contributed by atoms with E-state index in [0.717, 1.165) is 5.92 Å². The van der Waals surface area contributed by atoms with Crippen LogP contribution in [-0.4, -0.2) is 11.2 Å². The van der Waals surface area contributed by atoms with Gasteiger partial charge < -0.3 is 11.5 Å². The molecule has 0 bridgehead atoms. The fourth-order valence-electron chi connectivity index (χ4n) is 1.29. The van der Waals surface area contributed by atoms with Gasteiger partial charge in [-0.05, 0) is 63.7 Å². The van der Waals surface area contributed by atoms with Crippen molar-refractivity contribution in [3.05, 3.63) is 70.1 Å². The number of aliphatic hydroxyl groups excluding tert-OH is 1. The van der Waals surface area contributed by atoms with Crippen molar-refractivity contribution < 1.29 is 41.7 Å². The van der Waals surface area contributed by atoms with Crippen molar-refractivity contribution in [3.8, 4) is 0 Å². The van der Waals surface area contributed by atoms with Crippen molar-refractivity contribution in [3.63, 3.8) is 0 Å². The van der Waals surface area contributed by atoms with E-state index in [1.807, 2.05) is 91.9 Å². The van der Waals surface area contributed by atoms with Gasteiger partial charge in [-0.2, -0.15) is 13.8 Å². The van der Waals surface area contributed by atoms with E-state index in [1.54, 1.807) is 0 Å². The smallest absolute Gasteiger partial charge is 0.392 e. The number of rotatable bonds is 2. The molecule has 0 spiro atoms. The first kappa shape index (κ1) is 26.0. The van der Waals surface area contributed by atoms with E-state index in [1.165, 1.54) is 0 Å². The van der Waals surface area contributed by atoms with Crippen molar-refractivity contribution >= 4 is 0 Å². The largest absolute Gasteiger partial charge is 2.00 e. The molecule has 20 heavy (non-hydrogen) atoms. The second-order valence-corrected chi connectivity index (χ2v) is 4.45. The molecule has 0 heterocycles. The third kappa shape index (κ3) is 14.1. The quantitative estimate of drug-likeness (QED) is 0.584. The Balaban J connectivity index is -0.000000247. The van der Waals surface area contributed by atoms with Crippen molar-refractivity contribution in [2.45, 2.75) is 33.8 Å². The fraction of sp³-hybridized carbons (Fsp3) is 0.353. The molecule has 10 radical (unpaired) electrons. The van der Waals surface area contributed by atoms with E-state index in [2.05, 4.69) is 0 Å². The van der Waals surface area contributed by atoms with E-state index in [-0.39, 0.29) is 42.7 Å². The standard InChI is InChI=1S/C9H13O.C5H5.C3H7.Fe.Zn/c1-7(2)9(10)8-5-3-4-6-8;1-2-4-5-3-1;1-3-2;;/h3-7,9-10H,1-2H3;1-5H;3H,1-2H3;;/q;;-1;+2;/t9-;;;;/m0..../s1. The molecular formula is C17H25FeOZn+. The molecule has 3 heteroatoms. The van der Waals surface area contributed by atoms with Crippen LogP contribution in [-0.2, 0) is 36.5 Å². The molecule has 1 atom stereocenters. The molecular weight excluding hydrogens is 341 g/mol. The van der Waals surface area contributed by atoms with E-state index < -0.39 is 0 Å². The summed E-state index contributed by atoms with van der Waals surface area (Å²) in [4.78, 5) is 0. The monoisotopic (exact) mass is 365 g/mol. The Bertz CT molecular complexity index is 159. The summed E-state index contributed by atoms with van der Waals surface area (Å²) >= 11 is 0. The zero-order valence-corrected chi connectivity index (χ0v) is 17.0. The molecule has 0 aliphatic heterocycles. The van der Waals surface area contributed by atoms with Gasteiger partial charge in [0.25, 0.3) is 0 Å². The minimum Gasteiger partial charge on any atom is -0.392 e. The van der Waals surface area contributed by atoms with Crippen LogP contribution in [0.3, 0.4) is 0 Å². The zero-order valence-electron chi connectivity index (χ0n) is 12.9.